The Labute approximate surface area is 162 Å². The summed E-state index contributed by atoms with van der Waals surface area (Å²) in [6, 6.07) is 4.48. The Morgan fingerprint density at radius 3 is 2.79 bits per heavy atom. The minimum atomic E-state index is 0. The predicted molar refractivity (Wildman–Crippen MR) is 109 cm³/mol. The summed E-state index contributed by atoms with van der Waals surface area (Å²) in [4.78, 5) is 11.5. The van der Waals surface area contributed by atoms with Crippen molar-refractivity contribution in [1.82, 2.24) is 20.5 Å². The van der Waals surface area contributed by atoms with Gasteiger partial charge in [-0.3, -0.25) is 9.88 Å². The van der Waals surface area contributed by atoms with E-state index in [0.717, 1.165) is 51.0 Å². The van der Waals surface area contributed by atoms with Crippen LogP contribution < -0.4 is 10.6 Å². The fourth-order valence-corrected chi connectivity index (χ4v) is 2.57. The number of pyridine rings is 1. The van der Waals surface area contributed by atoms with Gasteiger partial charge in [0.25, 0.3) is 0 Å². The number of aromatic nitrogens is 1. The Morgan fingerprint density at radius 2 is 2.12 bits per heavy atom. The van der Waals surface area contributed by atoms with Gasteiger partial charge < -0.3 is 15.4 Å². The smallest absolute Gasteiger partial charge is 0.191 e. The molecule has 0 amide bonds. The standard InChI is InChI=1S/C17H29N5O.HI/c1-4-18-17(21-13-16-14(2)6-5-7-19-16)20-12-15(3)22-8-10-23-11-9-22;/h5-7,15H,4,8-13H2,1-3H3,(H2,18,20,21);1H. The van der Waals surface area contributed by atoms with Crippen LogP contribution in [0.1, 0.15) is 25.1 Å². The van der Waals surface area contributed by atoms with Gasteiger partial charge in [-0.25, -0.2) is 4.99 Å². The van der Waals surface area contributed by atoms with Crippen molar-refractivity contribution in [2.75, 3.05) is 39.4 Å². The van der Waals surface area contributed by atoms with E-state index in [1.54, 1.807) is 0 Å². The first-order chi connectivity index (χ1) is 11.2. The van der Waals surface area contributed by atoms with Crippen LogP contribution in [0.2, 0.25) is 0 Å². The maximum atomic E-state index is 5.41. The number of ether oxygens (including phenoxy) is 1. The Bertz CT molecular complexity index is 506. The Morgan fingerprint density at radius 1 is 1.38 bits per heavy atom. The number of hydrogen-bond donors (Lipinski definition) is 2. The second-order valence-corrected chi connectivity index (χ2v) is 5.84. The molecular weight excluding hydrogens is 417 g/mol. The van der Waals surface area contributed by atoms with Gasteiger partial charge in [0.1, 0.15) is 0 Å². The lowest BCUT2D eigenvalue weighted by Crippen LogP contribution is -2.49. The zero-order valence-electron chi connectivity index (χ0n) is 14.9. The molecule has 0 aromatic carbocycles. The summed E-state index contributed by atoms with van der Waals surface area (Å²) in [7, 11) is 0. The van der Waals surface area contributed by atoms with Crippen molar-refractivity contribution in [1.29, 1.82) is 0 Å². The van der Waals surface area contributed by atoms with Crippen LogP contribution in [0.5, 0.6) is 0 Å². The zero-order chi connectivity index (χ0) is 16.5. The average molecular weight is 447 g/mol. The summed E-state index contributed by atoms with van der Waals surface area (Å²) in [5.74, 6) is 0.845. The van der Waals surface area contributed by atoms with Crippen LogP contribution >= 0.6 is 24.0 Å². The van der Waals surface area contributed by atoms with Crippen molar-refractivity contribution in [3.8, 4) is 0 Å². The quantitative estimate of drug-likeness (QED) is 0.396. The molecule has 24 heavy (non-hydrogen) atoms. The largest absolute Gasteiger partial charge is 0.379 e. The number of rotatable bonds is 6. The lowest BCUT2D eigenvalue weighted by Gasteiger charge is -2.32. The Kier molecular flexibility index (Phi) is 10.2. The fourth-order valence-electron chi connectivity index (χ4n) is 2.57. The lowest BCUT2D eigenvalue weighted by molar-refractivity contribution is 0.0211. The molecule has 0 spiro atoms. The minimum Gasteiger partial charge on any atom is -0.379 e. The summed E-state index contributed by atoms with van der Waals surface area (Å²) in [6.45, 7) is 12.4. The minimum absolute atomic E-state index is 0. The van der Waals surface area contributed by atoms with Crippen LogP contribution in [0.4, 0.5) is 0 Å². The second-order valence-electron chi connectivity index (χ2n) is 5.84. The zero-order valence-corrected chi connectivity index (χ0v) is 17.2. The van der Waals surface area contributed by atoms with Crippen LogP contribution in [0, 0.1) is 6.92 Å². The molecule has 1 fully saturated rings. The number of hydrogen-bond acceptors (Lipinski definition) is 4. The highest BCUT2D eigenvalue weighted by Gasteiger charge is 2.16. The van der Waals surface area contributed by atoms with Gasteiger partial charge in [0, 0.05) is 38.4 Å². The summed E-state index contributed by atoms with van der Waals surface area (Å²) in [5, 5.41) is 6.73. The topological polar surface area (TPSA) is 61.8 Å². The van der Waals surface area contributed by atoms with Crippen LogP contribution in [0.15, 0.2) is 23.3 Å². The first-order valence-electron chi connectivity index (χ1n) is 8.45. The van der Waals surface area contributed by atoms with E-state index in [1.165, 1.54) is 5.56 Å². The molecule has 1 aromatic rings. The van der Waals surface area contributed by atoms with E-state index >= 15 is 0 Å². The fraction of sp³-hybridized carbons (Fsp3) is 0.647. The molecule has 1 aliphatic rings. The van der Waals surface area contributed by atoms with E-state index in [1.807, 2.05) is 12.3 Å². The number of guanidine groups is 1. The molecule has 1 atom stereocenters. The molecule has 0 saturated carbocycles. The van der Waals surface area contributed by atoms with Crippen LogP contribution in [0.3, 0.4) is 0 Å². The van der Waals surface area contributed by atoms with Crippen molar-refractivity contribution < 1.29 is 4.74 Å². The first kappa shape index (κ1) is 21.1. The monoisotopic (exact) mass is 447 g/mol. The number of aliphatic imine (C=N–C) groups is 1. The molecule has 2 N–H and O–H groups in total. The van der Waals surface area contributed by atoms with Crippen LogP contribution in [0.25, 0.3) is 0 Å². The van der Waals surface area contributed by atoms with Gasteiger partial charge in [-0.15, -0.1) is 24.0 Å². The third kappa shape index (κ3) is 6.90. The Balaban J connectivity index is 0.00000288. The molecule has 1 saturated heterocycles. The SMILES string of the molecule is CCNC(=NCc1ncccc1C)NCC(C)N1CCOCC1.I. The maximum absolute atomic E-state index is 5.41. The number of nitrogens with zero attached hydrogens (tertiary/aromatic N) is 3. The van der Waals surface area contributed by atoms with Gasteiger partial charge in [-0.1, -0.05) is 6.07 Å². The van der Waals surface area contributed by atoms with Crippen LogP contribution in [-0.2, 0) is 11.3 Å². The van der Waals surface area contributed by atoms with Crippen molar-refractivity contribution in [3.63, 3.8) is 0 Å². The number of nitrogens with one attached hydrogen (secondary N) is 2. The van der Waals surface area contributed by atoms with E-state index in [-0.39, 0.29) is 24.0 Å². The lowest BCUT2D eigenvalue weighted by atomic mass is 10.2. The van der Waals surface area contributed by atoms with E-state index < -0.39 is 0 Å². The van der Waals surface area contributed by atoms with Crippen molar-refractivity contribution >= 4 is 29.9 Å². The molecule has 2 heterocycles. The van der Waals surface area contributed by atoms with Gasteiger partial charge >= 0.3 is 0 Å². The molecule has 1 unspecified atom stereocenters. The van der Waals surface area contributed by atoms with Gasteiger partial charge in [0.15, 0.2) is 5.96 Å². The highest BCUT2D eigenvalue weighted by molar-refractivity contribution is 14.0. The second kappa shape index (κ2) is 11.6. The third-order valence-corrected chi connectivity index (χ3v) is 4.08. The molecule has 7 heteroatoms. The highest BCUT2D eigenvalue weighted by atomic mass is 127. The summed E-state index contributed by atoms with van der Waals surface area (Å²) >= 11 is 0. The van der Waals surface area contributed by atoms with Gasteiger partial charge in [0.2, 0.25) is 0 Å². The van der Waals surface area contributed by atoms with Crippen molar-refractivity contribution in [2.24, 2.45) is 4.99 Å². The Hall–Kier alpha value is -0.930. The maximum Gasteiger partial charge on any atom is 0.191 e. The van der Waals surface area contributed by atoms with E-state index in [0.29, 0.717) is 12.6 Å². The van der Waals surface area contributed by atoms with E-state index in [9.17, 15) is 0 Å². The molecule has 6 nitrogen and oxygen atoms in total. The van der Waals surface area contributed by atoms with Crippen molar-refractivity contribution in [2.45, 2.75) is 33.4 Å². The summed E-state index contributed by atoms with van der Waals surface area (Å²) in [6.07, 6.45) is 1.82. The van der Waals surface area contributed by atoms with Gasteiger partial charge in [-0.2, -0.15) is 0 Å². The van der Waals surface area contributed by atoms with Gasteiger partial charge in [0.05, 0.1) is 25.5 Å². The van der Waals surface area contributed by atoms with E-state index in [2.05, 4.69) is 52.3 Å². The molecule has 136 valence electrons. The molecule has 1 aromatic heterocycles. The average Bonchev–Trinajstić information content (AvgIpc) is 2.59. The van der Waals surface area contributed by atoms with Gasteiger partial charge in [-0.05, 0) is 32.4 Å². The summed E-state index contributed by atoms with van der Waals surface area (Å²) < 4.78 is 5.41. The molecule has 0 bridgehead atoms. The summed E-state index contributed by atoms with van der Waals surface area (Å²) in [5.41, 5.74) is 2.19. The number of aryl methyl sites for hydroxylation is 1. The highest BCUT2D eigenvalue weighted by Crippen LogP contribution is 2.05. The van der Waals surface area contributed by atoms with E-state index in [4.69, 9.17) is 4.74 Å². The first-order valence-corrected chi connectivity index (χ1v) is 8.45. The van der Waals surface area contributed by atoms with Crippen LogP contribution in [-0.4, -0.2) is 61.3 Å². The van der Waals surface area contributed by atoms with Crippen molar-refractivity contribution in [3.05, 3.63) is 29.6 Å². The number of halogens is 1. The molecule has 0 radical (unpaired) electrons. The normalized spacial score (nSPS) is 17.0. The number of morpholine rings is 1. The molecule has 2 rings (SSSR count). The molecular formula is C17H30IN5O. The molecule has 1 aliphatic heterocycles. The third-order valence-electron chi connectivity index (χ3n) is 4.08. The molecule has 0 aliphatic carbocycles. The predicted octanol–water partition coefficient (Wildman–Crippen LogP) is 1.78.